The van der Waals surface area contributed by atoms with Crippen LogP contribution in [0.3, 0.4) is 0 Å². The minimum Gasteiger partial charge on any atom is -0.322 e. The van der Waals surface area contributed by atoms with Gasteiger partial charge in [0.1, 0.15) is 5.82 Å². The summed E-state index contributed by atoms with van der Waals surface area (Å²) in [6.45, 7) is 3.64. The topological polar surface area (TPSA) is 99.4 Å². The van der Waals surface area contributed by atoms with Gasteiger partial charge in [-0.2, -0.15) is 5.10 Å². The summed E-state index contributed by atoms with van der Waals surface area (Å²) in [5.41, 5.74) is 2.55. The molecule has 9 heteroatoms. The molecule has 0 aliphatic heterocycles. The molecular formula is C15H15FN6OS. The van der Waals surface area contributed by atoms with E-state index in [0.29, 0.717) is 22.2 Å². The minimum atomic E-state index is -0.381. The van der Waals surface area contributed by atoms with Gasteiger partial charge in [0.15, 0.2) is 5.82 Å². The van der Waals surface area contributed by atoms with Gasteiger partial charge in [0.2, 0.25) is 11.1 Å². The van der Waals surface area contributed by atoms with E-state index < -0.39 is 0 Å². The molecule has 0 radical (unpaired) electrons. The summed E-state index contributed by atoms with van der Waals surface area (Å²) in [5, 5.41) is 16.7. The van der Waals surface area contributed by atoms with Gasteiger partial charge in [0.05, 0.1) is 28.4 Å². The zero-order valence-electron chi connectivity index (χ0n) is 13.1. The normalized spacial score (nSPS) is 10.8. The number of rotatable bonds is 5. The zero-order valence-corrected chi connectivity index (χ0v) is 13.9. The monoisotopic (exact) mass is 346 g/mol. The van der Waals surface area contributed by atoms with Gasteiger partial charge >= 0.3 is 0 Å². The Morgan fingerprint density at radius 2 is 2.04 bits per heavy atom. The van der Waals surface area contributed by atoms with Gasteiger partial charge in [-0.25, -0.2) is 9.37 Å². The average Bonchev–Trinajstić information content (AvgIpc) is 3.15. The molecule has 0 bridgehead atoms. The van der Waals surface area contributed by atoms with Crippen LogP contribution < -0.4 is 5.32 Å². The molecule has 1 aromatic carbocycles. The van der Waals surface area contributed by atoms with Crippen molar-refractivity contribution in [3.05, 3.63) is 41.5 Å². The minimum absolute atomic E-state index is 0.138. The lowest BCUT2D eigenvalue weighted by Crippen LogP contribution is -2.15. The lowest BCUT2D eigenvalue weighted by Gasteiger charge is -2.03. The third-order valence-corrected chi connectivity index (χ3v) is 4.17. The predicted octanol–water partition coefficient (Wildman–Crippen LogP) is 2.68. The van der Waals surface area contributed by atoms with Crippen molar-refractivity contribution in [1.82, 2.24) is 25.4 Å². The highest BCUT2D eigenvalue weighted by Gasteiger charge is 2.13. The van der Waals surface area contributed by atoms with Crippen molar-refractivity contribution in [3.8, 4) is 11.4 Å². The van der Waals surface area contributed by atoms with Crippen LogP contribution in [0, 0.1) is 19.7 Å². The number of nitrogens with zero attached hydrogens (tertiary/aromatic N) is 3. The van der Waals surface area contributed by atoms with E-state index in [0.717, 1.165) is 23.1 Å². The summed E-state index contributed by atoms with van der Waals surface area (Å²) in [6.07, 6.45) is 0. The molecule has 0 spiro atoms. The van der Waals surface area contributed by atoms with Gasteiger partial charge in [-0.1, -0.05) is 23.9 Å². The molecule has 3 aromatic rings. The van der Waals surface area contributed by atoms with Crippen LogP contribution in [0.4, 0.5) is 10.1 Å². The largest absolute Gasteiger partial charge is 0.322 e. The van der Waals surface area contributed by atoms with Gasteiger partial charge in [0, 0.05) is 0 Å². The number of anilines is 1. The number of benzene rings is 1. The summed E-state index contributed by atoms with van der Waals surface area (Å²) in [7, 11) is 0. The molecule has 24 heavy (non-hydrogen) atoms. The average molecular weight is 346 g/mol. The number of hydrogen-bond acceptors (Lipinski definition) is 5. The number of aromatic amines is 2. The maximum Gasteiger partial charge on any atom is 0.234 e. The highest BCUT2D eigenvalue weighted by molar-refractivity contribution is 7.99. The second-order valence-corrected chi connectivity index (χ2v) is 6.03. The molecule has 124 valence electrons. The zero-order chi connectivity index (χ0) is 17.1. The number of aryl methyl sites for hydroxylation is 2. The van der Waals surface area contributed by atoms with E-state index in [1.165, 1.54) is 6.07 Å². The summed E-state index contributed by atoms with van der Waals surface area (Å²) in [5.74, 6) is -0.102. The number of halogens is 1. The first-order valence-corrected chi connectivity index (χ1v) is 8.14. The van der Waals surface area contributed by atoms with Crippen molar-refractivity contribution in [2.75, 3.05) is 11.1 Å². The number of carbonyl (C=O) groups is 1. The Hall–Kier alpha value is -2.68. The molecule has 0 unspecified atom stereocenters. The van der Waals surface area contributed by atoms with E-state index >= 15 is 0 Å². The molecule has 0 saturated heterocycles. The SMILES string of the molecule is Cc1n[nH]c(C)c1NC(=O)CSc1n[nH]c(-c2ccccc2F)n1. The maximum absolute atomic E-state index is 13.7. The number of nitrogens with one attached hydrogen (secondary N) is 3. The van der Waals surface area contributed by atoms with Crippen LogP contribution in [0.2, 0.25) is 0 Å². The van der Waals surface area contributed by atoms with Crippen LogP contribution in [0.5, 0.6) is 0 Å². The Bertz CT molecular complexity index is 855. The van der Waals surface area contributed by atoms with Crippen LogP contribution in [-0.4, -0.2) is 37.0 Å². The molecule has 0 atom stereocenters. The molecule has 1 amide bonds. The van der Waals surface area contributed by atoms with Crippen molar-refractivity contribution >= 4 is 23.4 Å². The summed E-state index contributed by atoms with van der Waals surface area (Å²) >= 11 is 1.16. The third kappa shape index (κ3) is 3.46. The number of carbonyl (C=O) groups excluding carboxylic acids is 1. The van der Waals surface area contributed by atoms with Gasteiger partial charge in [-0.15, -0.1) is 5.10 Å². The Morgan fingerprint density at radius 1 is 1.25 bits per heavy atom. The summed E-state index contributed by atoms with van der Waals surface area (Å²) < 4.78 is 13.7. The lowest BCUT2D eigenvalue weighted by molar-refractivity contribution is -0.113. The molecule has 0 aliphatic carbocycles. The molecule has 0 saturated carbocycles. The maximum atomic E-state index is 13.7. The molecule has 7 nitrogen and oxygen atoms in total. The van der Waals surface area contributed by atoms with Gasteiger partial charge in [-0.3, -0.25) is 15.0 Å². The fourth-order valence-corrected chi connectivity index (χ4v) is 2.72. The van der Waals surface area contributed by atoms with Crippen molar-refractivity contribution in [3.63, 3.8) is 0 Å². The second-order valence-electron chi connectivity index (χ2n) is 5.09. The highest BCUT2D eigenvalue weighted by Crippen LogP contribution is 2.22. The second kappa shape index (κ2) is 6.83. The highest BCUT2D eigenvalue weighted by atomic mass is 32.2. The fraction of sp³-hybridized carbons (Fsp3) is 0.200. The van der Waals surface area contributed by atoms with E-state index in [1.807, 2.05) is 13.8 Å². The first-order chi connectivity index (χ1) is 11.5. The number of aromatic nitrogens is 5. The van der Waals surface area contributed by atoms with Gasteiger partial charge in [-0.05, 0) is 26.0 Å². The number of thioether (sulfide) groups is 1. The van der Waals surface area contributed by atoms with Crippen molar-refractivity contribution in [2.24, 2.45) is 0 Å². The first-order valence-electron chi connectivity index (χ1n) is 7.16. The number of amides is 1. The molecular weight excluding hydrogens is 331 g/mol. The Balaban J connectivity index is 1.62. The molecule has 0 aliphatic rings. The van der Waals surface area contributed by atoms with E-state index in [1.54, 1.807) is 18.2 Å². The summed E-state index contributed by atoms with van der Waals surface area (Å²) in [6, 6.07) is 6.29. The smallest absolute Gasteiger partial charge is 0.234 e. The van der Waals surface area contributed by atoms with Crippen LogP contribution in [-0.2, 0) is 4.79 Å². The van der Waals surface area contributed by atoms with Crippen LogP contribution >= 0.6 is 11.8 Å². The van der Waals surface area contributed by atoms with E-state index in [4.69, 9.17) is 0 Å². The lowest BCUT2D eigenvalue weighted by atomic mass is 10.2. The van der Waals surface area contributed by atoms with Crippen LogP contribution in [0.1, 0.15) is 11.4 Å². The van der Waals surface area contributed by atoms with Gasteiger partial charge in [0.25, 0.3) is 0 Å². The van der Waals surface area contributed by atoms with Crippen LogP contribution in [0.15, 0.2) is 29.4 Å². The first kappa shape index (κ1) is 16.2. The van der Waals surface area contributed by atoms with E-state index in [2.05, 4.69) is 30.7 Å². The van der Waals surface area contributed by atoms with Crippen LogP contribution in [0.25, 0.3) is 11.4 Å². The molecule has 2 aromatic heterocycles. The molecule has 0 fully saturated rings. The van der Waals surface area contributed by atoms with Crippen molar-refractivity contribution in [1.29, 1.82) is 0 Å². The summed E-state index contributed by atoms with van der Waals surface area (Å²) in [4.78, 5) is 16.2. The number of hydrogen-bond donors (Lipinski definition) is 3. The van der Waals surface area contributed by atoms with E-state index in [9.17, 15) is 9.18 Å². The van der Waals surface area contributed by atoms with Crippen molar-refractivity contribution in [2.45, 2.75) is 19.0 Å². The molecule has 2 heterocycles. The van der Waals surface area contributed by atoms with E-state index in [-0.39, 0.29) is 17.5 Å². The van der Waals surface area contributed by atoms with Gasteiger partial charge < -0.3 is 5.32 Å². The molecule has 3 rings (SSSR count). The Kier molecular flexibility index (Phi) is 4.61. The third-order valence-electron chi connectivity index (χ3n) is 3.32. The number of H-pyrrole nitrogens is 2. The molecule has 3 N–H and O–H groups in total. The predicted molar refractivity (Wildman–Crippen MR) is 89.2 cm³/mol. The Labute approximate surface area is 141 Å². The quantitative estimate of drug-likeness (QED) is 0.617. The Morgan fingerprint density at radius 3 is 2.75 bits per heavy atom. The fourth-order valence-electron chi connectivity index (χ4n) is 2.13. The van der Waals surface area contributed by atoms with Crippen molar-refractivity contribution < 1.29 is 9.18 Å². The standard InChI is InChI=1S/C15H15FN6OS/c1-8-13(9(2)20-19-8)17-12(23)7-24-15-18-14(21-22-15)10-5-3-4-6-11(10)16/h3-6H,7H2,1-2H3,(H,17,23)(H,19,20)(H,18,21,22).